The van der Waals surface area contributed by atoms with Gasteiger partial charge in [0, 0.05) is 5.56 Å². The molecule has 0 saturated carbocycles. The summed E-state index contributed by atoms with van der Waals surface area (Å²) in [5, 5.41) is 1.50. The van der Waals surface area contributed by atoms with Gasteiger partial charge in [0.15, 0.2) is 11.6 Å². The van der Waals surface area contributed by atoms with Gasteiger partial charge < -0.3 is 4.74 Å². The summed E-state index contributed by atoms with van der Waals surface area (Å²) in [6.07, 6.45) is 15.8. The molecule has 0 amide bonds. The monoisotopic (exact) mass is 480 g/mol. The van der Waals surface area contributed by atoms with E-state index in [1.54, 1.807) is 0 Å². The van der Waals surface area contributed by atoms with E-state index < -0.39 is 11.6 Å². The Morgan fingerprint density at radius 2 is 1.29 bits per heavy atom. The number of halogens is 2. The fourth-order valence-corrected chi connectivity index (χ4v) is 4.73. The molecular formula is C32H42F2O. The number of fused-ring (bicyclic) bond motifs is 1. The molecule has 3 heteroatoms. The van der Waals surface area contributed by atoms with E-state index in [2.05, 4.69) is 19.9 Å². The normalized spacial score (nSPS) is 11.3. The van der Waals surface area contributed by atoms with Crippen molar-refractivity contribution in [3.63, 3.8) is 0 Å². The summed E-state index contributed by atoms with van der Waals surface area (Å²) in [6.45, 7) is 5.13. The Balaban J connectivity index is 1.64. The Kier molecular flexibility index (Phi) is 11.5. The molecule has 0 spiro atoms. The first kappa shape index (κ1) is 27.2. The van der Waals surface area contributed by atoms with Gasteiger partial charge in [0.25, 0.3) is 0 Å². The van der Waals surface area contributed by atoms with Gasteiger partial charge in [-0.05, 0) is 59.4 Å². The quantitative estimate of drug-likeness (QED) is 0.185. The molecule has 3 aromatic carbocycles. The smallest absolute Gasteiger partial charge is 0.167 e. The summed E-state index contributed by atoms with van der Waals surface area (Å²) in [5.41, 5.74) is 2.18. The van der Waals surface area contributed by atoms with E-state index in [0.29, 0.717) is 17.7 Å². The van der Waals surface area contributed by atoms with Gasteiger partial charge in [0.2, 0.25) is 0 Å². The third kappa shape index (κ3) is 8.33. The summed E-state index contributed by atoms with van der Waals surface area (Å²) in [6, 6.07) is 14.7. The van der Waals surface area contributed by atoms with Crippen LogP contribution in [0.3, 0.4) is 0 Å². The summed E-state index contributed by atoms with van der Waals surface area (Å²) in [4.78, 5) is 0. The van der Waals surface area contributed by atoms with Crippen molar-refractivity contribution in [2.24, 2.45) is 0 Å². The first-order valence-corrected chi connectivity index (χ1v) is 13.8. The molecule has 0 aliphatic heterocycles. The van der Waals surface area contributed by atoms with Crippen molar-refractivity contribution in [2.75, 3.05) is 6.61 Å². The molecule has 0 unspecified atom stereocenters. The average Bonchev–Trinajstić information content (AvgIpc) is 2.87. The molecule has 0 aromatic heterocycles. The van der Waals surface area contributed by atoms with Crippen molar-refractivity contribution in [3.8, 4) is 16.9 Å². The predicted molar refractivity (Wildman–Crippen MR) is 145 cm³/mol. The summed E-state index contributed by atoms with van der Waals surface area (Å²) in [5.74, 6) is -0.820. The lowest BCUT2D eigenvalue weighted by Gasteiger charge is -2.12. The van der Waals surface area contributed by atoms with E-state index >= 15 is 0 Å². The highest BCUT2D eigenvalue weighted by molar-refractivity contribution is 5.97. The molecule has 0 heterocycles. The maximum absolute atomic E-state index is 14.9. The van der Waals surface area contributed by atoms with Crippen LogP contribution in [0.5, 0.6) is 5.75 Å². The second-order valence-corrected chi connectivity index (χ2v) is 9.76. The van der Waals surface area contributed by atoms with Crippen LogP contribution in [0, 0.1) is 11.6 Å². The molecule has 35 heavy (non-hydrogen) atoms. The number of hydrogen-bond acceptors (Lipinski definition) is 1. The molecular weight excluding hydrogens is 438 g/mol. The molecule has 0 atom stereocenters. The van der Waals surface area contributed by atoms with Crippen LogP contribution in [-0.2, 0) is 6.42 Å². The van der Waals surface area contributed by atoms with Crippen LogP contribution >= 0.6 is 0 Å². The number of rotatable bonds is 16. The van der Waals surface area contributed by atoms with Crippen LogP contribution in [0.25, 0.3) is 21.9 Å². The lowest BCUT2D eigenvalue weighted by atomic mass is 9.94. The average molecular weight is 481 g/mol. The van der Waals surface area contributed by atoms with Crippen LogP contribution in [0.4, 0.5) is 8.78 Å². The second kappa shape index (κ2) is 14.9. The zero-order valence-electron chi connectivity index (χ0n) is 21.7. The SMILES string of the molecule is CCCCCCCCOc1ccc(-c2c(F)c(F)cc3cc(CCCCCCCC)ccc23)cc1. The van der Waals surface area contributed by atoms with Crippen LogP contribution in [-0.4, -0.2) is 6.61 Å². The molecule has 0 aliphatic rings. The number of aryl methyl sites for hydroxylation is 1. The molecule has 0 saturated heterocycles. The lowest BCUT2D eigenvalue weighted by molar-refractivity contribution is 0.304. The van der Waals surface area contributed by atoms with Gasteiger partial charge in [0.05, 0.1) is 6.61 Å². The van der Waals surface area contributed by atoms with Crippen molar-refractivity contribution in [1.82, 2.24) is 0 Å². The van der Waals surface area contributed by atoms with E-state index in [0.717, 1.165) is 35.8 Å². The molecule has 0 bridgehead atoms. The van der Waals surface area contributed by atoms with E-state index in [1.807, 2.05) is 36.4 Å². The predicted octanol–water partition coefficient (Wildman–Crippen LogP) is 10.4. The highest BCUT2D eigenvalue weighted by Crippen LogP contribution is 2.34. The van der Waals surface area contributed by atoms with Crippen molar-refractivity contribution < 1.29 is 13.5 Å². The molecule has 190 valence electrons. The number of ether oxygens (including phenoxy) is 1. The highest BCUT2D eigenvalue weighted by atomic mass is 19.2. The number of benzene rings is 3. The molecule has 0 N–H and O–H groups in total. The van der Waals surface area contributed by atoms with Gasteiger partial charge in [-0.2, -0.15) is 0 Å². The Morgan fingerprint density at radius 3 is 1.97 bits per heavy atom. The van der Waals surface area contributed by atoms with Crippen molar-refractivity contribution in [1.29, 1.82) is 0 Å². The standard InChI is InChI=1S/C32H42F2O/c1-3-5-7-9-11-13-15-25-16-21-29-27(23-25)24-30(33)32(34)31(29)26-17-19-28(20-18-26)35-22-14-12-10-8-6-4-2/h16-21,23-24H,3-15,22H2,1-2H3. The van der Waals surface area contributed by atoms with Crippen LogP contribution in [0.15, 0.2) is 48.5 Å². The van der Waals surface area contributed by atoms with E-state index in [1.165, 1.54) is 75.8 Å². The second-order valence-electron chi connectivity index (χ2n) is 9.76. The summed E-state index contributed by atoms with van der Waals surface area (Å²) >= 11 is 0. The Hall–Kier alpha value is -2.42. The fraction of sp³-hybridized carbons (Fsp3) is 0.500. The van der Waals surface area contributed by atoms with Crippen molar-refractivity contribution >= 4 is 10.8 Å². The Labute approximate surface area is 210 Å². The maximum Gasteiger partial charge on any atom is 0.167 e. The van der Waals surface area contributed by atoms with Crippen LogP contribution in [0.1, 0.15) is 96.5 Å². The zero-order chi connectivity index (χ0) is 24.9. The summed E-state index contributed by atoms with van der Waals surface area (Å²) in [7, 11) is 0. The largest absolute Gasteiger partial charge is 0.494 e. The highest BCUT2D eigenvalue weighted by Gasteiger charge is 2.16. The fourth-order valence-electron chi connectivity index (χ4n) is 4.73. The van der Waals surface area contributed by atoms with E-state index in [9.17, 15) is 8.78 Å². The van der Waals surface area contributed by atoms with E-state index in [-0.39, 0.29) is 0 Å². The third-order valence-electron chi connectivity index (χ3n) is 6.83. The molecule has 0 aliphatic carbocycles. The molecule has 1 nitrogen and oxygen atoms in total. The summed E-state index contributed by atoms with van der Waals surface area (Å²) < 4.78 is 35.3. The minimum Gasteiger partial charge on any atom is -0.494 e. The van der Waals surface area contributed by atoms with Gasteiger partial charge in [0.1, 0.15) is 5.75 Å². The van der Waals surface area contributed by atoms with Crippen molar-refractivity contribution in [3.05, 3.63) is 65.7 Å². The number of unbranched alkanes of at least 4 members (excludes halogenated alkanes) is 10. The van der Waals surface area contributed by atoms with Gasteiger partial charge >= 0.3 is 0 Å². The molecule has 0 fully saturated rings. The first-order chi connectivity index (χ1) is 17.1. The molecule has 0 radical (unpaired) electrons. The Morgan fingerprint density at radius 1 is 0.657 bits per heavy atom. The minimum absolute atomic E-state index is 0.327. The van der Waals surface area contributed by atoms with Crippen LogP contribution in [0.2, 0.25) is 0 Å². The maximum atomic E-state index is 14.9. The van der Waals surface area contributed by atoms with Gasteiger partial charge in [-0.1, -0.05) is 108 Å². The Bertz CT molecular complexity index is 1030. The van der Waals surface area contributed by atoms with Gasteiger partial charge in [-0.3, -0.25) is 0 Å². The topological polar surface area (TPSA) is 9.23 Å². The van der Waals surface area contributed by atoms with E-state index in [4.69, 9.17) is 4.74 Å². The first-order valence-electron chi connectivity index (χ1n) is 13.8. The lowest BCUT2D eigenvalue weighted by Crippen LogP contribution is -1.98. The minimum atomic E-state index is -0.799. The van der Waals surface area contributed by atoms with Gasteiger partial charge in [-0.15, -0.1) is 0 Å². The van der Waals surface area contributed by atoms with Crippen LogP contribution < -0.4 is 4.74 Å². The van der Waals surface area contributed by atoms with Crippen molar-refractivity contribution in [2.45, 2.75) is 97.3 Å². The molecule has 3 rings (SSSR count). The zero-order valence-corrected chi connectivity index (χ0v) is 21.7. The van der Waals surface area contributed by atoms with Gasteiger partial charge in [-0.25, -0.2) is 8.78 Å². The molecule has 3 aromatic rings. The third-order valence-corrected chi connectivity index (χ3v) is 6.83. The number of hydrogen-bond donors (Lipinski definition) is 0.